The molecule has 0 aliphatic heterocycles. The predicted molar refractivity (Wildman–Crippen MR) is 102 cm³/mol. The summed E-state index contributed by atoms with van der Waals surface area (Å²) in [5.74, 6) is 1.34. The summed E-state index contributed by atoms with van der Waals surface area (Å²) in [6, 6.07) is 11.5. The highest BCUT2D eigenvalue weighted by molar-refractivity contribution is 5.90. The molecule has 3 rings (SSSR count). The Morgan fingerprint density at radius 3 is 2.65 bits per heavy atom. The average Bonchev–Trinajstić information content (AvgIpc) is 3.51. The molecule has 0 spiro atoms. The third kappa shape index (κ3) is 3.99. The number of rotatable bonds is 6. The molecule has 0 atom stereocenters. The zero-order valence-corrected chi connectivity index (χ0v) is 15.6. The molecule has 0 unspecified atom stereocenters. The summed E-state index contributed by atoms with van der Waals surface area (Å²) >= 11 is 0. The Kier molecular flexibility index (Phi) is 5.47. The zero-order chi connectivity index (χ0) is 18.7. The van der Waals surface area contributed by atoms with Crippen LogP contribution in [0.1, 0.15) is 47.9 Å². The van der Waals surface area contributed by atoms with Gasteiger partial charge in [-0.1, -0.05) is 31.2 Å². The van der Waals surface area contributed by atoms with Gasteiger partial charge in [0.05, 0.1) is 5.69 Å². The molecular weight excluding hydrogens is 328 g/mol. The number of urea groups is 1. The summed E-state index contributed by atoms with van der Waals surface area (Å²) in [6.07, 6.45) is 3.30. The van der Waals surface area contributed by atoms with Gasteiger partial charge in [-0.05, 0) is 60.9 Å². The molecule has 26 heavy (non-hydrogen) atoms. The Morgan fingerprint density at radius 2 is 2.04 bits per heavy atom. The number of ether oxygens (including phenoxy) is 1. The van der Waals surface area contributed by atoms with E-state index in [-0.39, 0.29) is 6.61 Å². The van der Waals surface area contributed by atoms with Crippen molar-refractivity contribution in [2.75, 3.05) is 12.1 Å². The number of hydrogen-bond acceptors (Lipinski definition) is 3. The second kappa shape index (κ2) is 7.79. The summed E-state index contributed by atoms with van der Waals surface area (Å²) in [4.78, 5) is 11.9. The molecule has 1 fully saturated rings. The van der Waals surface area contributed by atoms with Gasteiger partial charge in [0.1, 0.15) is 12.4 Å². The van der Waals surface area contributed by atoms with E-state index >= 15 is 0 Å². The Morgan fingerprint density at radius 1 is 1.27 bits per heavy atom. The topological polar surface area (TPSA) is 61.8 Å². The highest BCUT2D eigenvalue weighted by Crippen LogP contribution is 2.41. The summed E-state index contributed by atoms with van der Waals surface area (Å²) in [7, 11) is 1.49. The molecule has 5 heteroatoms. The van der Waals surface area contributed by atoms with Crippen molar-refractivity contribution in [2.45, 2.75) is 45.6 Å². The van der Waals surface area contributed by atoms with Gasteiger partial charge in [-0.2, -0.15) is 5.06 Å². The number of amides is 2. The molecule has 2 aromatic carbocycles. The van der Waals surface area contributed by atoms with Gasteiger partial charge in [-0.3, -0.25) is 5.21 Å². The largest absolute Gasteiger partial charge is 0.489 e. The highest BCUT2D eigenvalue weighted by atomic mass is 16.5. The smallest absolute Gasteiger partial charge is 0.345 e. The molecule has 0 aromatic heterocycles. The lowest BCUT2D eigenvalue weighted by atomic mass is 10.1. The van der Waals surface area contributed by atoms with Gasteiger partial charge in [0, 0.05) is 12.6 Å². The van der Waals surface area contributed by atoms with Gasteiger partial charge in [-0.15, -0.1) is 0 Å². The maximum absolute atomic E-state index is 11.9. The minimum absolute atomic E-state index is 0.278. The molecule has 1 saturated carbocycles. The molecule has 2 amide bonds. The molecule has 138 valence electrons. The lowest BCUT2D eigenvalue weighted by molar-refractivity contribution is 0.205. The van der Waals surface area contributed by atoms with Crippen LogP contribution >= 0.6 is 0 Å². The zero-order valence-electron chi connectivity index (χ0n) is 15.6. The van der Waals surface area contributed by atoms with E-state index in [1.807, 2.05) is 25.1 Å². The van der Waals surface area contributed by atoms with Crippen LogP contribution in [0.5, 0.6) is 5.75 Å². The lowest BCUT2D eigenvalue weighted by Gasteiger charge is -2.20. The molecule has 0 saturated heterocycles. The van der Waals surface area contributed by atoms with E-state index in [2.05, 4.69) is 30.4 Å². The van der Waals surface area contributed by atoms with Crippen molar-refractivity contribution in [1.29, 1.82) is 0 Å². The monoisotopic (exact) mass is 354 g/mol. The number of aryl methyl sites for hydroxylation is 2. The van der Waals surface area contributed by atoms with Crippen LogP contribution in [-0.4, -0.2) is 18.3 Å². The highest BCUT2D eigenvalue weighted by Gasteiger charge is 2.26. The van der Waals surface area contributed by atoms with Crippen LogP contribution in [0.15, 0.2) is 36.4 Å². The Bertz CT molecular complexity index is 800. The van der Waals surface area contributed by atoms with Crippen molar-refractivity contribution in [3.63, 3.8) is 0 Å². The number of carbonyl (C=O) groups excluding carboxylic acids is 1. The molecule has 2 N–H and O–H groups in total. The first-order valence-corrected chi connectivity index (χ1v) is 9.09. The predicted octanol–water partition coefficient (Wildman–Crippen LogP) is 4.55. The van der Waals surface area contributed by atoms with Crippen LogP contribution in [0.3, 0.4) is 0 Å². The first kappa shape index (κ1) is 18.3. The SMILES string of the molecule is CCc1ccc(OCc2ccc(C3CC3)cc2N(O)C(=O)NC)c(C)c1. The summed E-state index contributed by atoms with van der Waals surface area (Å²) in [6.45, 7) is 4.42. The number of nitrogens with zero attached hydrogens (tertiary/aromatic N) is 1. The van der Waals surface area contributed by atoms with Crippen molar-refractivity contribution >= 4 is 11.7 Å². The van der Waals surface area contributed by atoms with E-state index in [1.54, 1.807) is 0 Å². The van der Waals surface area contributed by atoms with E-state index < -0.39 is 6.03 Å². The maximum Gasteiger partial charge on any atom is 0.345 e. The number of hydroxylamine groups is 1. The Labute approximate surface area is 154 Å². The van der Waals surface area contributed by atoms with Crippen LogP contribution in [0.4, 0.5) is 10.5 Å². The van der Waals surface area contributed by atoms with Crippen LogP contribution < -0.4 is 15.1 Å². The van der Waals surface area contributed by atoms with Crippen LogP contribution in [0, 0.1) is 6.92 Å². The standard InChI is InChI=1S/C21H26N2O3/c1-4-15-5-10-20(14(2)11-15)26-13-18-9-8-17(16-6-7-16)12-19(18)23(25)21(24)22-3/h5,8-12,16,25H,4,6-7,13H2,1-3H3,(H,22,24). The number of benzene rings is 2. The maximum atomic E-state index is 11.9. The molecule has 1 aliphatic carbocycles. The van der Waals surface area contributed by atoms with Gasteiger partial charge in [-0.25, -0.2) is 4.79 Å². The van der Waals surface area contributed by atoms with Gasteiger partial charge < -0.3 is 10.1 Å². The second-order valence-corrected chi connectivity index (χ2v) is 6.77. The second-order valence-electron chi connectivity index (χ2n) is 6.77. The normalized spacial score (nSPS) is 13.4. The van der Waals surface area contributed by atoms with Crippen molar-refractivity contribution in [2.24, 2.45) is 0 Å². The van der Waals surface area contributed by atoms with E-state index in [4.69, 9.17) is 4.74 Å². The molecule has 1 aliphatic rings. The first-order valence-electron chi connectivity index (χ1n) is 9.09. The number of carbonyl (C=O) groups is 1. The van der Waals surface area contributed by atoms with Gasteiger partial charge in [0.25, 0.3) is 0 Å². The lowest BCUT2D eigenvalue weighted by Crippen LogP contribution is -2.36. The van der Waals surface area contributed by atoms with Crippen molar-refractivity contribution in [3.05, 3.63) is 58.7 Å². The van der Waals surface area contributed by atoms with Crippen molar-refractivity contribution in [3.8, 4) is 5.75 Å². The fourth-order valence-corrected chi connectivity index (χ4v) is 3.03. The van der Waals surface area contributed by atoms with E-state index in [9.17, 15) is 10.0 Å². The van der Waals surface area contributed by atoms with Gasteiger partial charge in [0.2, 0.25) is 0 Å². The molecule has 2 aromatic rings. The van der Waals surface area contributed by atoms with E-state index in [0.29, 0.717) is 16.7 Å². The Balaban J connectivity index is 1.83. The fourth-order valence-electron chi connectivity index (χ4n) is 3.03. The van der Waals surface area contributed by atoms with Gasteiger partial charge >= 0.3 is 6.03 Å². The molecule has 0 bridgehead atoms. The van der Waals surface area contributed by atoms with Gasteiger partial charge in [0.15, 0.2) is 0 Å². The quantitative estimate of drug-likeness (QED) is 0.591. The van der Waals surface area contributed by atoms with Crippen LogP contribution in [0.25, 0.3) is 0 Å². The average molecular weight is 354 g/mol. The number of anilines is 1. The first-order chi connectivity index (χ1) is 12.5. The number of nitrogens with one attached hydrogen (secondary N) is 1. The summed E-state index contributed by atoms with van der Waals surface area (Å²) < 4.78 is 5.97. The molecule has 0 heterocycles. The third-order valence-electron chi connectivity index (χ3n) is 4.82. The summed E-state index contributed by atoms with van der Waals surface area (Å²) in [5, 5.41) is 13.4. The Hall–Kier alpha value is -2.53. The van der Waals surface area contributed by atoms with Crippen LogP contribution in [0.2, 0.25) is 0 Å². The number of hydrogen-bond donors (Lipinski definition) is 2. The van der Waals surface area contributed by atoms with Crippen molar-refractivity contribution in [1.82, 2.24) is 5.32 Å². The molecule has 5 nitrogen and oxygen atoms in total. The van der Waals surface area contributed by atoms with E-state index in [0.717, 1.165) is 41.7 Å². The minimum Gasteiger partial charge on any atom is -0.489 e. The fraction of sp³-hybridized carbons (Fsp3) is 0.381. The minimum atomic E-state index is -0.567. The van der Waals surface area contributed by atoms with Crippen molar-refractivity contribution < 1.29 is 14.7 Å². The third-order valence-corrected chi connectivity index (χ3v) is 4.82. The summed E-state index contributed by atoms with van der Waals surface area (Å²) in [5.41, 5.74) is 4.73. The molecule has 0 radical (unpaired) electrons. The van der Waals surface area contributed by atoms with E-state index in [1.165, 1.54) is 12.6 Å². The molecular formula is C21H26N2O3. The van der Waals surface area contributed by atoms with Crippen LogP contribution in [-0.2, 0) is 13.0 Å².